The van der Waals surface area contributed by atoms with Crippen LogP contribution in [0, 0.1) is 0 Å². The fourth-order valence-corrected chi connectivity index (χ4v) is 2.74. The first-order chi connectivity index (χ1) is 11.8. The molecule has 130 valence electrons. The van der Waals surface area contributed by atoms with Crippen LogP contribution in [0.15, 0.2) is 42.5 Å². The maximum absolute atomic E-state index is 12.0. The van der Waals surface area contributed by atoms with E-state index < -0.39 is 5.97 Å². The summed E-state index contributed by atoms with van der Waals surface area (Å²) in [5, 5.41) is 11.5. The first-order valence-corrected chi connectivity index (χ1v) is 7.91. The van der Waals surface area contributed by atoms with Gasteiger partial charge in [0.15, 0.2) is 18.1 Å². The topological polar surface area (TPSA) is 84.9 Å². The molecule has 0 bridgehead atoms. The van der Waals surface area contributed by atoms with Crippen molar-refractivity contribution in [1.29, 1.82) is 0 Å². The second kappa shape index (κ2) is 6.47. The van der Waals surface area contributed by atoms with E-state index in [0.29, 0.717) is 17.2 Å². The maximum atomic E-state index is 12.0. The van der Waals surface area contributed by atoms with E-state index in [4.69, 9.17) is 14.6 Å². The van der Waals surface area contributed by atoms with E-state index in [2.05, 4.69) is 5.32 Å². The van der Waals surface area contributed by atoms with Crippen molar-refractivity contribution in [1.82, 2.24) is 0 Å². The standard InChI is InChI=1S/C19H19NO5/c1-19(2)10-13-4-3-5-15(17(13)25-19)24-11-16(21)20-14-8-6-12(7-9-14)18(22)23/h3-9H,10-11H2,1-2H3,(H,20,21)(H,22,23). The summed E-state index contributed by atoms with van der Waals surface area (Å²) >= 11 is 0. The van der Waals surface area contributed by atoms with Gasteiger partial charge in [0.2, 0.25) is 0 Å². The Balaban J connectivity index is 1.60. The Hall–Kier alpha value is -3.02. The molecular weight excluding hydrogens is 322 g/mol. The number of rotatable bonds is 5. The Morgan fingerprint density at radius 1 is 1.20 bits per heavy atom. The van der Waals surface area contributed by atoms with Crippen molar-refractivity contribution in [2.75, 3.05) is 11.9 Å². The van der Waals surface area contributed by atoms with Crippen molar-refractivity contribution in [2.45, 2.75) is 25.9 Å². The number of anilines is 1. The van der Waals surface area contributed by atoms with E-state index in [1.165, 1.54) is 24.3 Å². The van der Waals surface area contributed by atoms with Gasteiger partial charge in [-0.15, -0.1) is 0 Å². The van der Waals surface area contributed by atoms with Gasteiger partial charge in [0, 0.05) is 17.7 Å². The Morgan fingerprint density at radius 2 is 1.92 bits per heavy atom. The predicted octanol–water partition coefficient (Wildman–Crippen LogP) is 3.12. The van der Waals surface area contributed by atoms with Crippen molar-refractivity contribution in [3.05, 3.63) is 53.6 Å². The SMILES string of the molecule is CC1(C)Cc2cccc(OCC(=O)Nc3ccc(C(=O)O)cc3)c2O1. The van der Waals surface area contributed by atoms with Crippen molar-refractivity contribution >= 4 is 17.6 Å². The van der Waals surface area contributed by atoms with E-state index in [0.717, 1.165) is 12.0 Å². The maximum Gasteiger partial charge on any atom is 0.335 e. The zero-order valence-electron chi connectivity index (χ0n) is 14.0. The van der Waals surface area contributed by atoms with Gasteiger partial charge in [-0.1, -0.05) is 12.1 Å². The molecule has 0 spiro atoms. The van der Waals surface area contributed by atoms with Crippen molar-refractivity contribution < 1.29 is 24.2 Å². The van der Waals surface area contributed by atoms with Gasteiger partial charge in [-0.05, 0) is 44.2 Å². The van der Waals surface area contributed by atoms with Crippen LogP contribution in [0.5, 0.6) is 11.5 Å². The second-order valence-corrected chi connectivity index (χ2v) is 6.50. The summed E-state index contributed by atoms with van der Waals surface area (Å²) in [6.45, 7) is 3.84. The lowest BCUT2D eigenvalue weighted by molar-refractivity contribution is -0.118. The van der Waals surface area contributed by atoms with Gasteiger partial charge in [0.1, 0.15) is 5.60 Å². The van der Waals surface area contributed by atoms with Gasteiger partial charge in [-0.3, -0.25) is 4.79 Å². The highest BCUT2D eigenvalue weighted by atomic mass is 16.5. The van der Waals surface area contributed by atoms with E-state index in [1.807, 2.05) is 26.0 Å². The van der Waals surface area contributed by atoms with Crippen LogP contribution in [0.25, 0.3) is 0 Å². The highest BCUT2D eigenvalue weighted by Crippen LogP contribution is 2.41. The molecule has 0 fully saturated rings. The molecule has 1 aliphatic rings. The van der Waals surface area contributed by atoms with Crippen LogP contribution in [-0.4, -0.2) is 29.2 Å². The van der Waals surface area contributed by atoms with Crippen LogP contribution >= 0.6 is 0 Å². The molecule has 2 N–H and O–H groups in total. The fraction of sp³-hybridized carbons (Fsp3) is 0.263. The van der Waals surface area contributed by atoms with Crippen LogP contribution in [0.4, 0.5) is 5.69 Å². The highest BCUT2D eigenvalue weighted by Gasteiger charge is 2.32. The number of benzene rings is 2. The molecule has 0 radical (unpaired) electrons. The molecule has 6 nitrogen and oxygen atoms in total. The summed E-state index contributed by atoms with van der Waals surface area (Å²) < 4.78 is 11.5. The third-order valence-electron chi connectivity index (χ3n) is 3.83. The molecule has 25 heavy (non-hydrogen) atoms. The van der Waals surface area contributed by atoms with Crippen molar-refractivity contribution in [2.24, 2.45) is 0 Å². The molecule has 1 amide bonds. The number of amides is 1. The largest absolute Gasteiger partial charge is 0.483 e. The number of ether oxygens (including phenoxy) is 2. The van der Waals surface area contributed by atoms with Crippen LogP contribution in [0.1, 0.15) is 29.8 Å². The summed E-state index contributed by atoms with van der Waals surface area (Å²) in [5.74, 6) is -0.120. The lowest BCUT2D eigenvalue weighted by Crippen LogP contribution is -2.25. The molecule has 0 saturated carbocycles. The zero-order chi connectivity index (χ0) is 18.0. The number of carboxylic acid groups (broad SMARTS) is 1. The molecule has 3 rings (SSSR count). The number of hydrogen-bond acceptors (Lipinski definition) is 4. The first-order valence-electron chi connectivity index (χ1n) is 7.91. The minimum absolute atomic E-state index is 0.161. The Labute approximate surface area is 145 Å². The number of fused-ring (bicyclic) bond motifs is 1. The van der Waals surface area contributed by atoms with E-state index >= 15 is 0 Å². The summed E-state index contributed by atoms with van der Waals surface area (Å²) in [7, 11) is 0. The number of para-hydroxylation sites is 1. The normalized spacial score (nSPS) is 14.3. The van der Waals surface area contributed by atoms with Crippen LogP contribution in [-0.2, 0) is 11.2 Å². The van der Waals surface area contributed by atoms with Gasteiger partial charge in [-0.2, -0.15) is 0 Å². The monoisotopic (exact) mass is 341 g/mol. The zero-order valence-corrected chi connectivity index (χ0v) is 14.0. The molecular formula is C19H19NO5. The minimum atomic E-state index is -1.01. The number of carbonyl (C=O) groups excluding carboxylic acids is 1. The summed E-state index contributed by atoms with van der Waals surface area (Å²) in [5.41, 5.74) is 1.45. The second-order valence-electron chi connectivity index (χ2n) is 6.50. The number of carbonyl (C=O) groups is 2. The van der Waals surface area contributed by atoms with Crippen LogP contribution in [0.3, 0.4) is 0 Å². The minimum Gasteiger partial charge on any atom is -0.483 e. The first kappa shape index (κ1) is 16.8. The number of aromatic carboxylic acids is 1. The van der Waals surface area contributed by atoms with Gasteiger partial charge in [-0.25, -0.2) is 4.79 Å². The van der Waals surface area contributed by atoms with Gasteiger partial charge in [0.05, 0.1) is 5.56 Å². The molecule has 2 aromatic carbocycles. The summed E-state index contributed by atoms with van der Waals surface area (Å²) in [4.78, 5) is 22.9. The lowest BCUT2D eigenvalue weighted by Gasteiger charge is -2.18. The van der Waals surface area contributed by atoms with Crippen molar-refractivity contribution in [3.63, 3.8) is 0 Å². The Morgan fingerprint density at radius 3 is 2.60 bits per heavy atom. The third-order valence-corrected chi connectivity index (χ3v) is 3.83. The highest BCUT2D eigenvalue weighted by molar-refractivity contribution is 5.93. The molecule has 0 atom stereocenters. The predicted molar refractivity (Wildman–Crippen MR) is 92.4 cm³/mol. The van der Waals surface area contributed by atoms with Gasteiger partial charge < -0.3 is 19.9 Å². The van der Waals surface area contributed by atoms with Gasteiger partial charge in [0.25, 0.3) is 5.91 Å². The smallest absolute Gasteiger partial charge is 0.335 e. The molecule has 1 heterocycles. The average Bonchev–Trinajstić information content (AvgIpc) is 2.87. The molecule has 6 heteroatoms. The van der Waals surface area contributed by atoms with E-state index in [-0.39, 0.29) is 23.7 Å². The van der Waals surface area contributed by atoms with E-state index in [9.17, 15) is 9.59 Å². The molecule has 0 saturated heterocycles. The average molecular weight is 341 g/mol. The third kappa shape index (κ3) is 3.91. The van der Waals surface area contributed by atoms with Gasteiger partial charge >= 0.3 is 5.97 Å². The Bertz CT molecular complexity index is 811. The summed E-state index contributed by atoms with van der Waals surface area (Å²) in [6.07, 6.45) is 0.793. The summed E-state index contributed by atoms with van der Waals surface area (Å²) in [6, 6.07) is 11.6. The Kier molecular flexibility index (Phi) is 4.35. The number of hydrogen-bond donors (Lipinski definition) is 2. The van der Waals surface area contributed by atoms with Crippen LogP contribution in [0.2, 0.25) is 0 Å². The quantitative estimate of drug-likeness (QED) is 0.873. The molecule has 1 aliphatic heterocycles. The molecule has 0 unspecified atom stereocenters. The van der Waals surface area contributed by atoms with Crippen LogP contribution < -0.4 is 14.8 Å². The lowest BCUT2D eigenvalue weighted by atomic mass is 10.0. The number of nitrogens with one attached hydrogen (secondary N) is 1. The molecule has 0 aromatic heterocycles. The van der Waals surface area contributed by atoms with Crippen molar-refractivity contribution in [3.8, 4) is 11.5 Å². The fourth-order valence-electron chi connectivity index (χ4n) is 2.74. The molecule has 0 aliphatic carbocycles. The number of carboxylic acids is 1. The molecule has 2 aromatic rings. The van der Waals surface area contributed by atoms with E-state index in [1.54, 1.807) is 6.07 Å².